The Balaban J connectivity index is 1.75. The van der Waals surface area contributed by atoms with Gasteiger partial charge in [0.2, 0.25) is 0 Å². The Hall–Kier alpha value is 1.28. The predicted octanol–water partition coefficient (Wildman–Crippen LogP) is 8.73. The van der Waals surface area contributed by atoms with Gasteiger partial charge in [-0.3, -0.25) is 0 Å². The molecule has 0 saturated carbocycles. The van der Waals surface area contributed by atoms with E-state index in [0.717, 1.165) is 23.0 Å². The molecule has 0 amide bonds. The second kappa shape index (κ2) is 11.4. The van der Waals surface area contributed by atoms with Crippen LogP contribution in [0.25, 0.3) is 0 Å². The van der Waals surface area contributed by atoms with Crippen molar-refractivity contribution in [3.05, 3.63) is 48.5 Å². The van der Waals surface area contributed by atoms with Gasteiger partial charge in [0.05, 0.1) is 0 Å². The summed E-state index contributed by atoms with van der Waals surface area (Å²) in [6.45, 7) is 16.5. The molecule has 0 aliphatic carbocycles. The first-order chi connectivity index (χ1) is 19.8. The summed E-state index contributed by atoms with van der Waals surface area (Å²) >= 11 is 14.2. The number of nitrogens with zero attached hydrogens (tertiary/aromatic N) is 4. The molecule has 0 radical (unpaired) electrons. The van der Waals surface area contributed by atoms with Crippen LogP contribution in [0, 0.1) is 0 Å². The van der Waals surface area contributed by atoms with Crippen molar-refractivity contribution in [2.24, 2.45) is 0 Å². The zero-order valence-corrected chi connectivity index (χ0v) is 37.9. The monoisotopic (exact) mass is 944 g/mol. The molecular weight excluding hydrogens is 896 g/mol. The van der Waals surface area contributed by atoms with Gasteiger partial charge < -0.3 is 0 Å². The van der Waals surface area contributed by atoms with Crippen molar-refractivity contribution in [2.45, 2.75) is 105 Å². The minimum atomic E-state index is -2.51. The van der Waals surface area contributed by atoms with Crippen LogP contribution in [0.4, 0.5) is 0 Å². The Morgan fingerprint density at radius 2 is 0.591 bits per heavy atom. The Bertz CT molecular complexity index is 1220. The van der Waals surface area contributed by atoms with Crippen molar-refractivity contribution in [3.8, 4) is 23.0 Å². The number of hydrogen-bond acceptors (Lipinski definition) is 8. The molecule has 8 rings (SSSR count). The van der Waals surface area contributed by atoms with Gasteiger partial charge in [0.1, 0.15) is 0 Å². The zero-order valence-electron chi connectivity index (χ0n) is 27.5. The normalized spacial score (nSPS) is 32.4. The fourth-order valence-corrected chi connectivity index (χ4v) is 59.0. The van der Waals surface area contributed by atoms with Crippen LogP contribution >= 0.6 is 25.9 Å². The molecule has 2 fully saturated rings. The van der Waals surface area contributed by atoms with Gasteiger partial charge in [0, 0.05) is 0 Å². The second-order valence-corrected chi connectivity index (χ2v) is 36.2. The molecule has 0 aromatic heterocycles. The van der Waals surface area contributed by atoms with Crippen molar-refractivity contribution in [1.82, 2.24) is 17.8 Å². The first-order valence-electron chi connectivity index (χ1n) is 14.4. The van der Waals surface area contributed by atoms with Crippen LogP contribution < -0.4 is 18.1 Å². The molecule has 0 unspecified atom stereocenters. The number of benzene rings is 2. The van der Waals surface area contributed by atoms with E-state index in [9.17, 15) is 0 Å². The zero-order chi connectivity index (χ0) is 33.1. The fourth-order valence-electron chi connectivity index (χ4n) is 5.90. The maximum atomic E-state index is 7.10. The minimum absolute atomic E-state index is 0.266. The molecule has 6 heterocycles. The van der Waals surface area contributed by atoms with Crippen molar-refractivity contribution in [1.29, 1.82) is 0 Å². The molecule has 2 aromatic carbocycles. The Labute approximate surface area is 298 Å². The molecule has 2 aromatic rings. The SMILES string of the molecule is CC(C)(C)N1[P+]2([Se-])Oc3cccc(c3)O[P+]3([Se-])N(C(C)(C)C)[P+]([Se-])(Oc4cccc(c4)O[P+]1([Se-])N2C(C)(C)C)N3C(C)(C)C. The van der Waals surface area contributed by atoms with E-state index >= 15 is 0 Å². The van der Waals surface area contributed by atoms with Crippen LogP contribution in [-0.4, -0.2) is 102 Å². The summed E-state index contributed by atoms with van der Waals surface area (Å²) in [6.07, 6.45) is 0. The molecule has 2 saturated heterocycles. The van der Waals surface area contributed by atoms with Gasteiger partial charge in [-0.25, -0.2) is 0 Å². The summed E-state index contributed by atoms with van der Waals surface area (Å²) < 4.78 is 38.1. The standard InChI is InChI=1S/C28H44N4O4P4Se4/c1-25(2,3)29-37(41)30(26(4,5)6)38(29,42)34-22-16-14-18-24(20-22)36-40(44)31(27(7,8)9)39(43,32(40)28(10,11)12)35-23-17-13-15-21(19-23)33-37/h13-20H,1-12H3. The molecule has 0 spiro atoms. The molecule has 244 valence electrons. The Kier molecular flexibility index (Phi) is 9.47. The van der Waals surface area contributed by atoms with E-state index < -0.39 is 25.9 Å². The van der Waals surface area contributed by atoms with Crippen molar-refractivity contribution in [3.63, 3.8) is 0 Å². The molecule has 0 atom stereocenters. The van der Waals surface area contributed by atoms with Gasteiger partial charge in [-0.05, 0) is 0 Å². The van der Waals surface area contributed by atoms with E-state index in [-0.39, 0.29) is 22.2 Å². The van der Waals surface area contributed by atoms with Gasteiger partial charge in [0.15, 0.2) is 0 Å². The average Bonchev–Trinajstić information content (AvgIpc) is 2.73. The molecule has 0 N–H and O–H groups in total. The van der Waals surface area contributed by atoms with Gasteiger partial charge >= 0.3 is 301 Å². The Morgan fingerprint density at radius 1 is 0.409 bits per heavy atom. The van der Waals surface area contributed by atoms with Crippen LogP contribution in [0.15, 0.2) is 48.5 Å². The number of rotatable bonds is 0. The van der Waals surface area contributed by atoms with Crippen LogP contribution in [0.1, 0.15) is 83.1 Å². The second-order valence-electron chi connectivity index (χ2n) is 15.1. The number of hydrogen-bond donors (Lipinski definition) is 0. The van der Waals surface area contributed by atoms with Gasteiger partial charge in [-0.1, -0.05) is 0 Å². The van der Waals surface area contributed by atoms with Crippen LogP contribution in [0.2, 0.25) is 0 Å². The van der Waals surface area contributed by atoms with Crippen molar-refractivity contribution < 1.29 is 18.1 Å². The summed E-state index contributed by atoms with van der Waals surface area (Å²) in [5.74, 6) is 2.98. The third kappa shape index (κ3) is 6.03. The Morgan fingerprint density at radius 3 is 0.750 bits per heavy atom. The summed E-state index contributed by atoms with van der Waals surface area (Å²) in [5.41, 5.74) is -1.07. The molecule has 8 bridgehead atoms. The first kappa shape index (κ1) is 36.6. The van der Waals surface area contributed by atoms with E-state index in [4.69, 9.17) is 18.1 Å². The quantitative estimate of drug-likeness (QED) is 0.192. The molecule has 6 aliphatic rings. The third-order valence-corrected chi connectivity index (χ3v) is 39.7. The average molecular weight is 940 g/mol. The van der Waals surface area contributed by atoms with Crippen molar-refractivity contribution >= 4 is 88.2 Å². The summed E-state index contributed by atoms with van der Waals surface area (Å²) in [5, 5.41) is 0. The van der Waals surface area contributed by atoms with Crippen LogP contribution in [-0.2, 0) is 0 Å². The molecule has 16 heteroatoms. The molecule has 8 nitrogen and oxygen atoms in total. The maximum absolute atomic E-state index is 7.10. The first-order valence-corrected chi connectivity index (χ1v) is 29.7. The fraction of sp³-hybridized carbons (Fsp3) is 0.571. The summed E-state index contributed by atoms with van der Waals surface area (Å²) in [4.78, 5) is 0. The van der Waals surface area contributed by atoms with Gasteiger partial charge in [0.25, 0.3) is 0 Å². The van der Waals surface area contributed by atoms with Crippen LogP contribution in [0.5, 0.6) is 23.0 Å². The summed E-state index contributed by atoms with van der Waals surface area (Å²) in [6, 6.07) is 16.1. The molecule has 6 aliphatic heterocycles. The van der Waals surface area contributed by atoms with E-state index in [0.29, 0.717) is 0 Å². The van der Waals surface area contributed by atoms with Gasteiger partial charge in [-0.2, -0.15) is 0 Å². The van der Waals surface area contributed by atoms with Gasteiger partial charge in [-0.15, -0.1) is 0 Å². The van der Waals surface area contributed by atoms with Crippen LogP contribution in [0.3, 0.4) is 0 Å². The third-order valence-electron chi connectivity index (χ3n) is 6.82. The van der Waals surface area contributed by atoms with E-state index in [1.807, 2.05) is 48.5 Å². The van der Waals surface area contributed by atoms with E-state index in [2.05, 4.69) is 163 Å². The van der Waals surface area contributed by atoms with E-state index in [1.165, 1.54) is 0 Å². The molecular formula is C28H44N4O4P4Se4. The predicted molar refractivity (Wildman–Crippen MR) is 192 cm³/mol. The summed E-state index contributed by atoms with van der Waals surface area (Å²) in [7, 11) is 0. The topological polar surface area (TPSA) is 49.9 Å². The van der Waals surface area contributed by atoms with E-state index in [1.54, 1.807) is 0 Å². The van der Waals surface area contributed by atoms with Crippen molar-refractivity contribution in [2.75, 3.05) is 0 Å². The molecule has 44 heavy (non-hydrogen) atoms.